The molecule has 1 aromatic heterocycles. The van der Waals surface area contributed by atoms with Crippen molar-refractivity contribution >= 4 is 41.6 Å². The van der Waals surface area contributed by atoms with Crippen LogP contribution < -0.4 is 10.7 Å². The van der Waals surface area contributed by atoms with Crippen LogP contribution in [0.3, 0.4) is 0 Å². The minimum Gasteiger partial charge on any atom is -0.350 e. The molecule has 0 atom stereocenters. The van der Waals surface area contributed by atoms with Gasteiger partial charge in [0.25, 0.3) is 5.91 Å². The van der Waals surface area contributed by atoms with E-state index < -0.39 is 0 Å². The molecular weight excluding hydrogens is 337 g/mol. The van der Waals surface area contributed by atoms with E-state index in [1.54, 1.807) is 18.2 Å². The van der Waals surface area contributed by atoms with Crippen molar-refractivity contribution in [2.24, 2.45) is 0 Å². The number of halogens is 2. The fraction of sp³-hybridized carbons (Fsp3) is 0.375. The molecule has 0 aliphatic rings. The third-order valence-electron chi connectivity index (χ3n) is 3.59. The van der Waals surface area contributed by atoms with Crippen LogP contribution in [-0.4, -0.2) is 42.0 Å². The van der Waals surface area contributed by atoms with Crippen molar-refractivity contribution < 1.29 is 4.79 Å². The van der Waals surface area contributed by atoms with E-state index in [4.69, 9.17) is 0 Å². The number of para-hydroxylation sites is 1. The number of likely N-dealkylation sites (N-methyl/N-ethyl adjacent to an activating group) is 1. The molecule has 0 fully saturated rings. The first-order valence-electron chi connectivity index (χ1n) is 7.28. The van der Waals surface area contributed by atoms with Crippen molar-refractivity contribution in [2.45, 2.75) is 13.8 Å². The SMILES string of the molecule is CCN(CC)CCNC(=O)c1cc(=O)c2ccccc2[nH]1.Cl.Cl. The number of rotatable bonds is 6. The van der Waals surface area contributed by atoms with Gasteiger partial charge in [-0.1, -0.05) is 26.0 Å². The summed E-state index contributed by atoms with van der Waals surface area (Å²) < 4.78 is 0. The second-order valence-electron chi connectivity index (χ2n) is 4.88. The van der Waals surface area contributed by atoms with E-state index in [2.05, 4.69) is 29.0 Å². The number of fused-ring (bicyclic) bond motifs is 1. The molecule has 2 rings (SSSR count). The summed E-state index contributed by atoms with van der Waals surface area (Å²) in [6.45, 7) is 7.46. The number of amides is 1. The van der Waals surface area contributed by atoms with Gasteiger partial charge in [-0.05, 0) is 25.2 Å². The summed E-state index contributed by atoms with van der Waals surface area (Å²) >= 11 is 0. The van der Waals surface area contributed by atoms with Crippen LogP contribution in [0.1, 0.15) is 24.3 Å². The summed E-state index contributed by atoms with van der Waals surface area (Å²) in [6.07, 6.45) is 0. The van der Waals surface area contributed by atoms with Crippen molar-refractivity contribution in [3.8, 4) is 0 Å². The van der Waals surface area contributed by atoms with Gasteiger partial charge in [-0.3, -0.25) is 9.59 Å². The molecule has 23 heavy (non-hydrogen) atoms. The molecule has 128 valence electrons. The Kier molecular flexibility index (Phi) is 9.56. The zero-order valence-electron chi connectivity index (χ0n) is 13.3. The Balaban J connectivity index is 0.00000242. The lowest BCUT2D eigenvalue weighted by atomic mass is 10.2. The minimum atomic E-state index is -0.245. The molecule has 0 spiro atoms. The van der Waals surface area contributed by atoms with Gasteiger partial charge in [0.05, 0.1) is 0 Å². The quantitative estimate of drug-likeness (QED) is 0.832. The van der Waals surface area contributed by atoms with E-state index in [1.165, 1.54) is 6.07 Å². The smallest absolute Gasteiger partial charge is 0.267 e. The lowest BCUT2D eigenvalue weighted by Crippen LogP contribution is -2.35. The van der Waals surface area contributed by atoms with Crippen LogP contribution in [0.15, 0.2) is 35.1 Å². The van der Waals surface area contributed by atoms with E-state index in [1.807, 2.05) is 6.07 Å². The van der Waals surface area contributed by atoms with E-state index in [-0.39, 0.29) is 36.2 Å². The fourth-order valence-corrected chi connectivity index (χ4v) is 2.28. The van der Waals surface area contributed by atoms with E-state index in [9.17, 15) is 9.59 Å². The molecule has 2 aromatic rings. The highest BCUT2D eigenvalue weighted by atomic mass is 35.5. The average molecular weight is 360 g/mol. The maximum atomic E-state index is 12.1. The van der Waals surface area contributed by atoms with Gasteiger partial charge in [0, 0.05) is 30.1 Å². The summed E-state index contributed by atoms with van der Waals surface area (Å²) in [7, 11) is 0. The topological polar surface area (TPSA) is 65.2 Å². The van der Waals surface area contributed by atoms with E-state index in [0.717, 1.165) is 19.6 Å². The van der Waals surface area contributed by atoms with Gasteiger partial charge in [0.15, 0.2) is 5.43 Å². The molecule has 0 aliphatic carbocycles. The van der Waals surface area contributed by atoms with E-state index in [0.29, 0.717) is 23.1 Å². The zero-order chi connectivity index (χ0) is 15.2. The summed E-state index contributed by atoms with van der Waals surface area (Å²) in [5, 5.41) is 3.43. The van der Waals surface area contributed by atoms with Gasteiger partial charge in [0.2, 0.25) is 0 Å². The number of benzene rings is 1. The number of nitrogens with one attached hydrogen (secondary N) is 2. The Hall–Kier alpha value is -1.56. The van der Waals surface area contributed by atoms with Gasteiger partial charge < -0.3 is 15.2 Å². The third-order valence-corrected chi connectivity index (χ3v) is 3.59. The van der Waals surface area contributed by atoms with Crippen molar-refractivity contribution in [1.29, 1.82) is 0 Å². The molecule has 7 heteroatoms. The fourth-order valence-electron chi connectivity index (χ4n) is 2.28. The van der Waals surface area contributed by atoms with Gasteiger partial charge in [0.1, 0.15) is 5.69 Å². The van der Waals surface area contributed by atoms with Gasteiger partial charge in [-0.15, -0.1) is 24.8 Å². The second kappa shape index (κ2) is 10.3. The average Bonchev–Trinajstić information content (AvgIpc) is 2.51. The predicted octanol–water partition coefficient (Wildman–Crippen LogP) is 2.44. The molecule has 0 saturated heterocycles. The molecule has 5 nitrogen and oxygen atoms in total. The summed E-state index contributed by atoms with van der Waals surface area (Å²) in [5.41, 5.74) is 0.843. The second-order valence-corrected chi connectivity index (χ2v) is 4.88. The molecule has 1 heterocycles. The van der Waals surface area contributed by atoms with Gasteiger partial charge in [-0.25, -0.2) is 0 Å². The molecule has 0 radical (unpaired) electrons. The monoisotopic (exact) mass is 359 g/mol. The lowest BCUT2D eigenvalue weighted by molar-refractivity contribution is 0.0944. The number of aromatic amines is 1. The maximum absolute atomic E-state index is 12.1. The Morgan fingerprint density at radius 1 is 1.17 bits per heavy atom. The lowest BCUT2D eigenvalue weighted by Gasteiger charge is -2.17. The number of carbonyl (C=O) groups is 1. The first kappa shape index (κ1) is 21.4. The number of pyridine rings is 1. The Bertz CT molecular complexity index is 684. The van der Waals surface area contributed by atoms with Crippen LogP contribution in [0.2, 0.25) is 0 Å². The standard InChI is InChI=1S/C16H21N3O2.2ClH/c1-3-19(4-2)10-9-17-16(21)14-11-15(20)12-7-5-6-8-13(12)18-14;;/h5-8,11H,3-4,9-10H2,1-2H3,(H,17,21)(H,18,20);2*1H. The highest BCUT2D eigenvalue weighted by molar-refractivity contribution is 5.94. The van der Waals surface area contributed by atoms with Crippen LogP contribution in [0.5, 0.6) is 0 Å². The number of hydrogen-bond donors (Lipinski definition) is 2. The van der Waals surface area contributed by atoms with Crippen LogP contribution in [-0.2, 0) is 0 Å². The van der Waals surface area contributed by atoms with Gasteiger partial charge >= 0.3 is 0 Å². The highest BCUT2D eigenvalue weighted by Crippen LogP contribution is 2.07. The predicted molar refractivity (Wildman–Crippen MR) is 99.2 cm³/mol. The molecular formula is C16H23Cl2N3O2. The molecule has 0 bridgehead atoms. The first-order valence-corrected chi connectivity index (χ1v) is 7.28. The first-order chi connectivity index (χ1) is 10.2. The van der Waals surface area contributed by atoms with E-state index >= 15 is 0 Å². The Labute approximate surface area is 148 Å². The van der Waals surface area contributed by atoms with Crippen LogP contribution in [0.4, 0.5) is 0 Å². The number of nitrogens with zero attached hydrogens (tertiary/aromatic N) is 1. The molecule has 0 aliphatic heterocycles. The third kappa shape index (κ3) is 5.53. The van der Waals surface area contributed by atoms with Crippen LogP contribution in [0, 0.1) is 0 Å². The summed E-state index contributed by atoms with van der Waals surface area (Å²) in [5.74, 6) is -0.245. The number of carbonyl (C=O) groups excluding carboxylic acids is 1. The Morgan fingerprint density at radius 2 is 1.83 bits per heavy atom. The van der Waals surface area contributed by atoms with Crippen molar-refractivity contribution in [1.82, 2.24) is 15.2 Å². The number of H-pyrrole nitrogens is 1. The summed E-state index contributed by atoms with van der Waals surface area (Å²) in [4.78, 5) is 29.3. The molecule has 1 aromatic carbocycles. The van der Waals surface area contributed by atoms with Crippen molar-refractivity contribution in [3.05, 3.63) is 46.2 Å². The van der Waals surface area contributed by atoms with Crippen LogP contribution >= 0.6 is 24.8 Å². The van der Waals surface area contributed by atoms with Crippen molar-refractivity contribution in [2.75, 3.05) is 26.2 Å². The number of hydrogen-bond acceptors (Lipinski definition) is 3. The molecule has 0 saturated carbocycles. The molecule has 2 N–H and O–H groups in total. The zero-order valence-corrected chi connectivity index (χ0v) is 14.9. The minimum absolute atomic E-state index is 0. The normalized spacial score (nSPS) is 10.0. The van der Waals surface area contributed by atoms with Crippen molar-refractivity contribution in [3.63, 3.8) is 0 Å². The van der Waals surface area contributed by atoms with Gasteiger partial charge in [-0.2, -0.15) is 0 Å². The number of aromatic nitrogens is 1. The Morgan fingerprint density at radius 3 is 2.48 bits per heavy atom. The maximum Gasteiger partial charge on any atom is 0.267 e. The van der Waals surface area contributed by atoms with Crippen LogP contribution in [0.25, 0.3) is 10.9 Å². The molecule has 0 unspecified atom stereocenters. The largest absolute Gasteiger partial charge is 0.350 e. The summed E-state index contributed by atoms with van der Waals surface area (Å²) in [6, 6.07) is 8.54. The highest BCUT2D eigenvalue weighted by Gasteiger charge is 2.09. The molecule has 1 amide bonds.